The number of nitrogens with zero attached hydrogens (tertiary/aromatic N) is 2. The van der Waals surface area contributed by atoms with Gasteiger partial charge in [0.2, 0.25) is 0 Å². The van der Waals surface area contributed by atoms with E-state index in [9.17, 15) is 4.39 Å². The Kier molecular flexibility index (Phi) is 4.07. The predicted molar refractivity (Wildman–Crippen MR) is 79.3 cm³/mol. The number of nitrogens with one attached hydrogen (secondary N) is 1. The van der Waals surface area contributed by atoms with Crippen LogP contribution in [0.25, 0.3) is 11.0 Å². The molecule has 1 N–H and O–H groups in total. The third kappa shape index (κ3) is 2.74. The summed E-state index contributed by atoms with van der Waals surface area (Å²) in [6.07, 6.45) is 0. The lowest BCUT2D eigenvalue weighted by Gasteiger charge is -2.26. The lowest BCUT2D eigenvalue weighted by Crippen LogP contribution is -2.38. The summed E-state index contributed by atoms with van der Waals surface area (Å²) in [5, 5.41) is 0.117. The van der Waals surface area contributed by atoms with E-state index in [0.717, 1.165) is 44.9 Å². The van der Waals surface area contributed by atoms with Gasteiger partial charge in [-0.05, 0) is 18.3 Å². The van der Waals surface area contributed by atoms with Gasteiger partial charge < -0.3 is 14.3 Å². The van der Waals surface area contributed by atoms with Crippen molar-refractivity contribution in [3.63, 3.8) is 0 Å². The minimum absolute atomic E-state index is 0.117. The van der Waals surface area contributed by atoms with Crippen LogP contribution in [-0.4, -0.2) is 47.3 Å². The first-order valence-electron chi connectivity index (χ1n) is 6.53. The molecule has 7 heteroatoms. The van der Waals surface area contributed by atoms with Crippen LogP contribution in [0.4, 0.5) is 4.39 Å². The van der Waals surface area contributed by atoms with E-state index in [2.05, 4.69) is 9.88 Å². The number of rotatable bonds is 3. The first-order chi connectivity index (χ1) is 9.65. The molecule has 0 aliphatic carbocycles. The second-order valence-corrected chi connectivity index (χ2v) is 5.61. The van der Waals surface area contributed by atoms with Crippen LogP contribution in [-0.2, 0) is 11.3 Å². The van der Waals surface area contributed by atoms with Crippen molar-refractivity contribution >= 4 is 34.9 Å². The molecule has 0 unspecified atom stereocenters. The van der Waals surface area contributed by atoms with E-state index in [-0.39, 0.29) is 5.02 Å². The molecule has 0 bridgehead atoms. The van der Waals surface area contributed by atoms with E-state index in [1.54, 1.807) is 6.07 Å². The second kappa shape index (κ2) is 5.81. The number of H-pyrrole nitrogens is 1. The highest BCUT2D eigenvalue weighted by Crippen LogP contribution is 2.22. The predicted octanol–water partition coefficient (Wildman–Crippen LogP) is 2.82. The van der Waals surface area contributed by atoms with Gasteiger partial charge in [-0.2, -0.15) is 0 Å². The summed E-state index contributed by atoms with van der Waals surface area (Å²) in [4.78, 5) is 5.35. The number of morpholine rings is 1. The minimum Gasteiger partial charge on any atom is -0.379 e. The van der Waals surface area contributed by atoms with Crippen LogP contribution >= 0.6 is 23.8 Å². The summed E-state index contributed by atoms with van der Waals surface area (Å²) in [6, 6.07) is 3.01. The van der Waals surface area contributed by atoms with Gasteiger partial charge in [-0.15, -0.1) is 0 Å². The molecule has 1 aromatic heterocycles. The van der Waals surface area contributed by atoms with Gasteiger partial charge in [0.05, 0.1) is 29.3 Å². The molecule has 1 fully saturated rings. The average Bonchev–Trinajstić information content (AvgIpc) is 2.73. The third-order valence-corrected chi connectivity index (χ3v) is 4.17. The van der Waals surface area contributed by atoms with Gasteiger partial charge in [-0.1, -0.05) is 11.6 Å². The van der Waals surface area contributed by atoms with Crippen LogP contribution in [0.15, 0.2) is 12.1 Å². The summed E-state index contributed by atoms with van der Waals surface area (Å²) in [7, 11) is 0. The molecule has 4 nitrogen and oxygen atoms in total. The standard InChI is InChI=1S/C13H15ClFN3OS/c14-9-7-12-11(8-10(9)15)16-13(20)18(12)2-1-17-3-5-19-6-4-17/h7-8H,1-6H2,(H,16,20). The quantitative estimate of drug-likeness (QED) is 0.884. The van der Waals surface area contributed by atoms with Crippen molar-refractivity contribution < 1.29 is 9.13 Å². The van der Waals surface area contributed by atoms with Gasteiger partial charge in [0, 0.05) is 32.2 Å². The van der Waals surface area contributed by atoms with Crippen molar-refractivity contribution in [1.29, 1.82) is 0 Å². The Morgan fingerprint density at radius 2 is 2.05 bits per heavy atom. The average molecular weight is 316 g/mol. The Balaban J connectivity index is 1.85. The molecule has 0 saturated carbocycles. The van der Waals surface area contributed by atoms with Crippen molar-refractivity contribution in [3.05, 3.63) is 27.7 Å². The van der Waals surface area contributed by atoms with Crippen molar-refractivity contribution in [2.45, 2.75) is 6.54 Å². The van der Waals surface area contributed by atoms with Crippen LogP contribution in [0, 0.1) is 10.6 Å². The maximum atomic E-state index is 13.4. The van der Waals surface area contributed by atoms with E-state index in [0.29, 0.717) is 10.3 Å². The van der Waals surface area contributed by atoms with Crippen LogP contribution in [0.2, 0.25) is 5.02 Å². The highest BCUT2D eigenvalue weighted by molar-refractivity contribution is 7.71. The number of halogens is 2. The fourth-order valence-corrected chi connectivity index (χ4v) is 2.90. The third-order valence-electron chi connectivity index (χ3n) is 3.56. The number of hydrogen-bond acceptors (Lipinski definition) is 3. The van der Waals surface area contributed by atoms with Crippen molar-refractivity contribution in [3.8, 4) is 0 Å². The van der Waals surface area contributed by atoms with Crippen LogP contribution < -0.4 is 0 Å². The first-order valence-corrected chi connectivity index (χ1v) is 7.31. The molecule has 2 aromatic rings. The molecular weight excluding hydrogens is 301 g/mol. The number of aromatic nitrogens is 2. The molecule has 20 heavy (non-hydrogen) atoms. The zero-order valence-electron chi connectivity index (χ0n) is 10.9. The second-order valence-electron chi connectivity index (χ2n) is 4.82. The Bertz CT molecular complexity index is 678. The number of imidazole rings is 1. The van der Waals surface area contributed by atoms with Crippen LogP contribution in [0.1, 0.15) is 0 Å². The van der Waals surface area contributed by atoms with Crippen molar-refractivity contribution in [2.24, 2.45) is 0 Å². The van der Waals surface area contributed by atoms with Gasteiger partial charge in [-0.25, -0.2) is 4.39 Å². The van der Waals surface area contributed by atoms with Crippen LogP contribution in [0.5, 0.6) is 0 Å². The monoisotopic (exact) mass is 315 g/mol. The van der Waals surface area contributed by atoms with E-state index in [1.807, 2.05) is 4.57 Å². The van der Waals surface area contributed by atoms with E-state index >= 15 is 0 Å². The molecule has 0 spiro atoms. The molecule has 1 aromatic carbocycles. The van der Waals surface area contributed by atoms with Gasteiger partial charge >= 0.3 is 0 Å². The van der Waals surface area contributed by atoms with E-state index in [4.69, 9.17) is 28.6 Å². The Morgan fingerprint density at radius 1 is 1.30 bits per heavy atom. The maximum absolute atomic E-state index is 13.4. The van der Waals surface area contributed by atoms with Gasteiger partial charge in [0.25, 0.3) is 0 Å². The smallest absolute Gasteiger partial charge is 0.178 e. The molecule has 0 atom stereocenters. The molecule has 0 radical (unpaired) electrons. The van der Waals surface area contributed by atoms with Crippen molar-refractivity contribution in [2.75, 3.05) is 32.8 Å². The first kappa shape index (κ1) is 14.0. The molecule has 1 saturated heterocycles. The molecule has 3 rings (SSSR count). The molecule has 2 heterocycles. The topological polar surface area (TPSA) is 33.2 Å². The lowest BCUT2D eigenvalue weighted by molar-refractivity contribution is 0.0365. The summed E-state index contributed by atoms with van der Waals surface area (Å²) in [6.45, 7) is 5.06. The summed E-state index contributed by atoms with van der Waals surface area (Å²) in [5.74, 6) is -0.434. The highest BCUT2D eigenvalue weighted by atomic mass is 35.5. The zero-order chi connectivity index (χ0) is 14.1. The lowest BCUT2D eigenvalue weighted by atomic mass is 10.3. The molecular formula is C13H15ClFN3OS. The number of ether oxygens (including phenoxy) is 1. The normalized spacial score (nSPS) is 16.9. The van der Waals surface area contributed by atoms with Gasteiger partial charge in [-0.3, -0.25) is 4.90 Å². The molecule has 1 aliphatic heterocycles. The summed E-state index contributed by atoms with van der Waals surface area (Å²) >= 11 is 11.2. The Labute approximate surface area is 126 Å². The van der Waals surface area contributed by atoms with E-state index in [1.165, 1.54) is 6.07 Å². The largest absolute Gasteiger partial charge is 0.379 e. The SMILES string of the molecule is Fc1cc2[nH]c(=S)n(CCN3CCOCC3)c2cc1Cl. The zero-order valence-corrected chi connectivity index (χ0v) is 12.4. The maximum Gasteiger partial charge on any atom is 0.178 e. The Morgan fingerprint density at radius 3 is 2.80 bits per heavy atom. The Hall–Kier alpha value is -0.950. The number of aromatic amines is 1. The number of benzene rings is 1. The van der Waals surface area contributed by atoms with Crippen molar-refractivity contribution in [1.82, 2.24) is 14.5 Å². The van der Waals surface area contributed by atoms with Gasteiger partial charge in [0.15, 0.2) is 4.77 Å². The highest BCUT2D eigenvalue weighted by Gasteiger charge is 2.12. The van der Waals surface area contributed by atoms with Gasteiger partial charge in [0.1, 0.15) is 5.82 Å². The molecule has 1 aliphatic rings. The number of hydrogen-bond donors (Lipinski definition) is 1. The summed E-state index contributed by atoms with van der Waals surface area (Å²) < 4.78 is 21.3. The molecule has 0 amide bonds. The fraction of sp³-hybridized carbons (Fsp3) is 0.462. The minimum atomic E-state index is -0.434. The summed E-state index contributed by atoms with van der Waals surface area (Å²) in [5.41, 5.74) is 1.52. The number of fused-ring (bicyclic) bond motifs is 1. The van der Waals surface area contributed by atoms with E-state index < -0.39 is 5.82 Å². The molecule has 108 valence electrons. The fourth-order valence-electron chi connectivity index (χ4n) is 2.44. The van der Waals surface area contributed by atoms with Crippen LogP contribution in [0.3, 0.4) is 0 Å².